The molecule has 0 fully saturated rings. The summed E-state index contributed by atoms with van der Waals surface area (Å²) in [4.78, 5) is 22.4. The molecule has 1 aromatic rings. The largest absolute Gasteiger partial charge is 0.478 e. The maximum absolute atomic E-state index is 11.7. The quantitative estimate of drug-likeness (QED) is 0.565. The van der Waals surface area contributed by atoms with Crippen molar-refractivity contribution in [2.75, 3.05) is 40.4 Å². The second kappa shape index (κ2) is 7.02. The molecule has 0 unspecified atom stereocenters. The molecule has 0 amide bonds. The fourth-order valence-electron chi connectivity index (χ4n) is 1.60. The van der Waals surface area contributed by atoms with Gasteiger partial charge in [0.2, 0.25) is 0 Å². The van der Waals surface area contributed by atoms with Crippen molar-refractivity contribution < 1.29 is 29.0 Å². The second-order valence-electron chi connectivity index (χ2n) is 5.12. The van der Waals surface area contributed by atoms with Crippen LogP contribution in [0.3, 0.4) is 0 Å². The molecular formula is C14H20NO5+. The van der Waals surface area contributed by atoms with Crippen LogP contribution in [0.15, 0.2) is 24.3 Å². The van der Waals surface area contributed by atoms with Gasteiger partial charge in [0.05, 0.1) is 31.8 Å². The average molecular weight is 282 g/mol. The Morgan fingerprint density at radius 1 is 1.10 bits per heavy atom. The highest BCUT2D eigenvalue weighted by atomic mass is 16.5. The van der Waals surface area contributed by atoms with E-state index >= 15 is 0 Å². The molecule has 0 bridgehead atoms. The van der Waals surface area contributed by atoms with Gasteiger partial charge in [-0.2, -0.15) is 0 Å². The zero-order valence-corrected chi connectivity index (χ0v) is 11.7. The van der Waals surface area contributed by atoms with Crippen LogP contribution in [-0.4, -0.2) is 67.0 Å². The number of rotatable bonds is 7. The Balaban J connectivity index is 2.49. The third-order valence-corrected chi connectivity index (χ3v) is 3.00. The molecule has 0 spiro atoms. The van der Waals surface area contributed by atoms with E-state index in [9.17, 15) is 9.59 Å². The van der Waals surface area contributed by atoms with Gasteiger partial charge < -0.3 is 19.4 Å². The first-order valence-corrected chi connectivity index (χ1v) is 6.29. The zero-order valence-electron chi connectivity index (χ0n) is 11.7. The van der Waals surface area contributed by atoms with Gasteiger partial charge in [-0.1, -0.05) is 0 Å². The van der Waals surface area contributed by atoms with Crippen molar-refractivity contribution in [1.82, 2.24) is 0 Å². The number of benzene rings is 1. The Morgan fingerprint density at radius 2 is 1.65 bits per heavy atom. The molecule has 2 N–H and O–H groups in total. The number of carboxylic acid groups (broad SMARTS) is 1. The van der Waals surface area contributed by atoms with Crippen LogP contribution >= 0.6 is 0 Å². The number of esters is 1. The van der Waals surface area contributed by atoms with E-state index in [4.69, 9.17) is 14.9 Å². The van der Waals surface area contributed by atoms with Gasteiger partial charge in [-0.15, -0.1) is 0 Å². The zero-order chi connectivity index (χ0) is 15.2. The van der Waals surface area contributed by atoms with Crippen LogP contribution in [-0.2, 0) is 4.74 Å². The number of hydrogen-bond acceptors (Lipinski definition) is 4. The van der Waals surface area contributed by atoms with Gasteiger partial charge in [0.25, 0.3) is 0 Å². The summed E-state index contributed by atoms with van der Waals surface area (Å²) in [7, 11) is 3.87. The predicted octanol–water partition coefficient (Wildman–Crippen LogP) is 0.610. The number of ether oxygens (including phenoxy) is 1. The Bertz CT molecular complexity index is 467. The highest BCUT2D eigenvalue weighted by Crippen LogP contribution is 2.06. The second-order valence-corrected chi connectivity index (χ2v) is 5.12. The molecule has 6 nitrogen and oxygen atoms in total. The monoisotopic (exact) mass is 282 g/mol. The fourth-order valence-corrected chi connectivity index (χ4v) is 1.60. The van der Waals surface area contributed by atoms with Gasteiger partial charge in [-0.25, -0.2) is 9.59 Å². The summed E-state index contributed by atoms with van der Waals surface area (Å²) in [6.07, 6.45) is 0. The van der Waals surface area contributed by atoms with Crippen LogP contribution < -0.4 is 0 Å². The molecule has 0 aromatic heterocycles. The van der Waals surface area contributed by atoms with Crippen molar-refractivity contribution in [3.63, 3.8) is 0 Å². The molecule has 0 aliphatic rings. The number of hydrogen-bond donors (Lipinski definition) is 2. The van der Waals surface area contributed by atoms with Crippen molar-refractivity contribution in [2.45, 2.75) is 0 Å². The molecule has 6 heteroatoms. The Hall–Kier alpha value is -1.92. The lowest BCUT2D eigenvalue weighted by molar-refractivity contribution is -0.890. The Labute approximate surface area is 117 Å². The van der Waals surface area contributed by atoms with Crippen LogP contribution in [0.5, 0.6) is 0 Å². The van der Waals surface area contributed by atoms with E-state index in [-0.39, 0.29) is 18.8 Å². The number of likely N-dealkylation sites (N-methyl/N-ethyl adjacent to an activating group) is 1. The molecule has 0 heterocycles. The summed E-state index contributed by atoms with van der Waals surface area (Å²) >= 11 is 0. The van der Waals surface area contributed by atoms with E-state index in [0.29, 0.717) is 23.1 Å². The van der Waals surface area contributed by atoms with E-state index in [1.54, 1.807) is 0 Å². The molecule has 0 atom stereocenters. The molecule has 0 aliphatic carbocycles. The van der Waals surface area contributed by atoms with E-state index in [0.717, 1.165) is 0 Å². The van der Waals surface area contributed by atoms with Crippen molar-refractivity contribution in [3.8, 4) is 0 Å². The number of aliphatic hydroxyl groups excluding tert-OH is 1. The van der Waals surface area contributed by atoms with Crippen LogP contribution in [0.25, 0.3) is 0 Å². The van der Waals surface area contributed by atoms with Gasteiger partial charge >= 0.3 is 11.9 Å². The summed E-state index contributed by atoms with van der Waals surface area (Å²) < 4.78 is 5.68. The lowest BCUT2D eigenvalue weighted by atomic mass is 10.1. The molecule has 1 rings (SSSR count). The summed E-state index contributed by atoms with van der Waals surface area (Å²) in [6, 6.07) is 5.59. The molecule has 1 aromatic carbocycles. The third-order valence-electron chi connectivity index (χ3n) is 3.00. The third kappa shape index (κ3) is 4.99. The number of aliphatic hydroxyl groups is 1. The highest BCUT2D eigenvalue weighted by molar-refractivity contribution is 5.92. The molecular weight excluding hydrogens is 262 g/mol. The normalized spacial score (nSPS) is 11.2. The van der Waals surface area contributed by atoms with Gasteiger partial charge in [-0.05, 0) is 24.3 Å². The first-order valence-electron chi connectivity index (χ1n) is 6.29. The molecule has 0 saturated heterocycles. The Kier molecular flexibility index (Phi) is 5.66. The topological polar surface area (TPSA) is 83.8 Å². The van der Waals surface area contributed by atoms with Crippen LogP contribution in [0.1, 0.15) is 20.7 Å². The first-order chi connectivity index (χ1) is 9.35. The molecule has 0 saturated carbocycles. The summed E-state index contributed by atoms with van der Waals surface area (Å²) in [6.45, 7) is 1.51. The van der Waals surface area contributed by atoms with Crippen LogP contribution in [0.2, 0.25) is 0 Å². The van der Waals surface area contributed by atoms with Gasteiger partial charge in [0.15, 0.2) is 0 Å². The van der Waals surface area contributed by atoms with Crippen molar-refractivity contribution in [2.24, 2.45) is 0 Å². The lowest BCUT2D eigenvalue weighted by Gasteiger charge is -2.28. The Morgan fingerprint density at radius 3 is 2.15 bits per heavy atom. The summed E-state index contributed by atoms with van der Waals surface area (Å²) in [5, 5.41) is 17.6. The number of carbonyl (C=O) groups excluding carboxylic acids is 1. The predicted molar refractivity (Wildman–Crippen MR) is 72.6 cm³/mol. The number of carbonyl (C=O) groups is 2. The highest BCUT2D eigenvalue weighted by Gasteiger charge is 2.15. The minimum absolute atomic E-state index is 0.0809. The van der Waals surface area contributed by atoms with Crippen molar-refractivity contribution >= 4 is 11.9 Å². The summed E-state index contributed by atoms with van der Waals surface area (Å²) in [5.74, 6) is -1.51. The van der Waals surface area contributed by atoms with Gasteiger partial charge in [0, 0.05) is 0 Å². The van der Waals surface area contributed by atoms with E-state index in [1.165, 1.54) is 24.3 Å². The van der Waals surface area contributed by atoms with E-state index < -0.39 is 11.9 Å². The SMILES string of the molecule is C[N+](C)(CCO)CCOC(=O)c1ccc(C(=O)O)cc1. The smallest absolute Gasteiger partial charge is 0.338 e. The van der Waals surface area contributed by atoms with Crippen molar-refractivity contribution in [3.05, 3.63) is 35.4 Å². The number of quaternary nitrogens is 1. The average Bonchev–Trinajstić information content (AvgIpc) is 2.38. The number of aromatic carboxylic acids is 1. The molecule has 0 aliphatic heterocycles. The van der Waals surface area contributed by atoms with Gasteiger partial charge in [0.1, 0.15) is 19.7 Å². The van der Waals surface area contributed by atoms with Crippen LogP contribution in [0.4, 0.5) is 0 Å². The maximum atomic E-state index is 11.7. The fraction of sp³-hybridized carbons (Fsp3) is 0.429. The minimum atomic E-state index is -1.03. The molecule has 0 radical (unpaired) electrons. The summed E-state index contributed by atoms with van der Waals surface area (Å²) in [5.41, 5.74) is 0.449. The maximum Gasteiger partial charge on any atom is 0.338 e. The van der Waals surface area contributed by atoms with Gasteiger partial charge in [-0.3, -0.25) is 0 Å². The minimum Gasteiger partial charge on any atom is -0.478 e. The molecule has 20 heavy (non-hydrogen) atoms. The van der Waals surface area contributed by atoms with E-state index in [1.807, 2.05) is 14.1 Å². The lowest BCUT2D eigenvalue weighted by Crippen LogP contribution is -2.44. The van der Waals surface area contributed by atoms with Crippen LogP contribution in [0, 0.1) is 0 Å². The van der Waals surface area contributed by atoms with Crippen molar-refractivity contribution in [1.29, 1.82) is 0 Å². The first kappa shape index (κ1) is 16.1. The number of nitrogens with zero attached hydrogens (tertiary/aromatic N) is 1. The number of carboxylic acids is 1. The standard InChI is InChI=1S/C14H19NO5/c1-15(2,7-9-16)8-10-20-14(19)12-5-3-11(4-6-12)13(17)18/h3-6,16H,7-10H2,1-2H3/p+1. The molecule has 110 valence electrons. The van der Waals surface area contributed by atoms with E-state index in [2.05, 4.69) is 0 Å².